The molecular formula is C30H50N4O3SSi. The van der Waals surface area contributed by atoms with Crippen molar-refractivity contribution in [3.63, 3.8) is 0 Å². The van der Waals surface area contributed by atoms with Crippen molar-refractivity contribution in [3.05, 3.63) is 16.8 Å². The number of hydrogen-bond acceptors (Lipinski definition) is 6. The zero-order valence-corrected chi connectivity index (χ0v) is 27.4. The Balaban J connectivity index is 1.51. The van der Waals surface area contributed by atoms with E-state index in [4.69, 9.17) is 9.41 Å². The van der Waals surface area contributed by atoms with E-state index in [1.165, 1.54) is 22.2 Å². The van der Waals surface area contributed by atoms with Crippen molar-refractivity contribution in [1.82, 2.24) is 14.9 Å². The third kappa shape index (κ3) is 6.46. The summed E-state index contributed by atoms with van der Waals surface area (Å²) in [5, 5.41) is 15.0. The van der Waals surface area contributed by atoms with Gasteiger partial charge in [-0.3, -0.25) is 0 Å². The van der Waals surface area contributed by atoms with Crippen LogP contribution in [0.3, 0.4) is 0 Å². The number of hydrogen-bond donors (Lipinski definition) is 2. The van der Waals surface area contributed by atoms with Crippen LogP contribution in [0, 0.1) is 0 Å². The van der Waals surface area contributed by atoms with Crippen LogP contribution in [0.2, 0.25) is 18.1 Å². The third-order valence-corrected chi connectivity index (χ3v) is 15.0. The molecule has 0 aromatic carbocycles. The molecule has 2 atom stereocenters. The van der Waals surface area contributed by atoms with Gasteiger partial charge in [0.25, 0.3) is 0 Å². The molecule has 0 aliphatic heterocycles. The molecule has 0 saturated heterocycles. The number of fused-ring (bicyclic) bond motifs is 3. The van der Waals surface area contributed by atoms with E-state index in [1.54, 1.807) is 11.2 Å². The highest BCUT2D eigenvalue weighted by molar-refractivity contribution is 7.19. The van der Waals surface area contributed by atoms with Crippen molar-refractivity contribution in [2.24, 2.45) is 0 Å². The van der Waals surface area contributed by atoms with Gasteiger partial charge in [0, 0.05) is 28.6 Å². The fourth-order valence-corrected chi connectivity index (χ4v) is 8.97. The Labute approximate surface area is 240 Å². The summed E-state index contributed by atoms with van der Waals surface area (Å²) in [5.74, 6) is 1.43. The molecule has 1 fully saturated rings. The number of anilines is 1. The van der Waals surface area contributed by atoms with Gasteiger partial charge in [-0.1, -0.05) is 27.7 Å². The number of nitrogens with one attached hydrogen (secondary N) is 1. The highest BCUT2D eigenvalue weighted by atomic mass is 32.1. The number of aromatic nitrogens is 2. The molecule has 39 heavy (non-hydrogen) atoms. The van der Waals surface area contributed by atoms with Crippen molar-refractivity contribution in [2.75, 3.05) is 5.32 Å². The lowest BCUT2D eigenvalue weighted by molar-refractivity contribution is 0.0556. The summed E-state index contributed by atoms with van der Waals surface area (Å²) in [7, 11) is -1.84. The molecule has 7 nitrogen and oxygen atoms in total. The minimum atomic E-state index is -1.84. The average Bonchev–Trinajstić information content (AvgIpc) is 3.37. The Kier molecular flexibility index (Phi) is 8.75. The van der Waals surface area contributed by atoms with Gasteiger partial charge in [0.2, 0.25) is 0 Å². The van der Waals surface area contributed by atoms with Crippen molar-refractivity contribution in [2.45, 2.75) is 148 Å². The van der Waals surface area contributed by atoms with Crippen molar-refractivity contribution in [1.29, 1.82) is 0 Å². The first-order valence-corrected chi connectivity index (χ1v) is 18.6. The van der Waals surface area contributed by atoms with Crippen LogP contribution in [-0.2, 0) is 10.8 Å². The normalized spacial score (nSPS) is 23.1. The maximum Gasteiger partial charge on any atom is 0.407 e. The summed E-state index contributed by atoms with van der Waals surface area (Å²) in [6, 6.07) is 0.350. The van der Waals surface area contributed by atoms with E-state index in [0.29, 0.717) is 5.92 Å². The summed E-state index contributed by atoms with van der Waals surface area (Å²) in [5.41, 5.74) is 1.06. The number of nitrogens with zero attached hydrogens (tertiary/aromatic N) is 3. The van der Waals surface area contributed by atoms with Gasteiger partial charge in [0.1, 0.15) is 17.0 Å². The predicted octanol–water partition coefficient (Wildman–Crippen LogP) is 8.41. The molecule has 4 rings (SSSR count). The Morgan fingerprint density at radius 1 is 1.15 bits per heavy atom. The number of aryl methyl sites for hydroxylation is 1. The number of carboxylic acid groups (broad SMARTS) is 1. The number of amides is 1. The second-order valence-electron chi connectivity index (χ2n) is 14.2. The van der Waals surface area contributed by atoms with Crippen LogP contribution in [0.15, 0.2) is 6.33 Å². The molecule has 1 amide bonds. The molecule has 0 spiro atoms. The van der Waals surface area contributed by atoms with Gasteiger partial charge in [-0.05, 0) is 102 Å². The molecule has 2 aromatic rings. The van der Waals surface area contributed by atoms with Crippen LogP contribution < -0.4 is 5.32 Å². The summed E-state index contributed by atoms with van der Waals surface area (Å²) in [6.45, 7) is 19.9. The van der Waals surface area contributed by atoms with Crippen LogP contribution in [0.4, 0.5) is 10.6 Å². The van der Waals surface area contributed by atoms with Crippen molar-refractivity contribution in [3.8, 4) is 0 Å². The van der Waals surface area contributed by atoms with Gasteiger partial charge in [-0.15, -0.1) is 11.3 Å². The predicted molar refractivity (Wildman–Crippen MR) is 165 cm³/mol. The van der Waals surface area contributed by atoms with Gasteiger partial charge in [-0.25, -0.2) is 14.8 Å². The van der Waals surface area contributed by atoms with E-state index in [2.05, 4.69) is 51.1 Å². The first kappa shape index (κ1) is 30.3. The summed E-state index contributed by atoms with van der Waals surface area (Å²) in [4.78, 5) is 25.6. The van der Waals surface area contributed by atoms with Gasteiger partial charge in [0.05, 0.1) is 5.39 Å². The Hall–Kier alpha value is -1.71. The molecule has 2 aliphatic rings. The van der Waals surface area contributed by atoms with Gasteiger partial charge >= 0.3 is 6.09 Å². The number of carbonyl (C=O) groups is 1. The van der Waals surface area contributed by atoms with Crippen molar-refractivity contribution >= 4 is 41.8 Å². The zero-order chi connectivity index (χ0) is 28.8. The highest BCUT2D eigenvalue weighted by Crippen LogP contribution is 2.48. The van der Waals surface area contributed by atoms with E-state index in [9.17, 15) is 9.90 Å². The van der Waals surface area contributed by atoms with E-state index in [-0.39, 0.29) is 23.2 Å². The molecule has 2 N–H and O–H groups in total. The molecule has 2 aromatic heterocycles. The Morgan fingerprint density at radius 2 is 1.82 bits per heavy atom. The summed E-state index contributed by atoms with van der Waals surface area (Å²) < 4.78 is 6.89. The lowest BCUT2D eigenvalue weighted by Gasteiger charge is -2.42. The Morgan fingerprint density at radius 3 is 2.38 bits per heavy atom. The molecule has 0 radical (unpaired) electrons. The third-order valence-electron chi connectivity index (χ3n) is 9.33. The summed E-state index contributed by atoms with van der Waals surface area (Å²) in [6.07, 6.45) is 9.11. The van der Waals surface area contributed by atoms with Crippen LogP contribution in [0.5, 0.6) is 0 Å². The van der Waals surface area contributed by atoms with Crippen LogP contribution >= 0.6 is 11.3 Å². The minimum Gasteiger partial charge on any atom is -0.465 e. The fraction of sp³-hybridized carbons (Fsp3) is 0.767. The minimum absolute atomic E-state index is 0.0626. The first-order valence-electron chi connectivity index (χ1n) is 14.8. The maximum atomic E-state index is 12.0. The van der Waals surface area contributed by atoms with Gasteiger partial charge in [0.15, 0.2) is 8.32 Å². The van der Waals surface area contributed by atoms with Gasteiger partial charge in [-0.2, -0.15) is 0 Å². The highest BCUT2D eigenvalue weighted by Gasteiger charge is 2.40. The van der Waals surface area contributed by atoms with E-state index in [0.717, 1.165) is 55.6 Å². The van der Waals surface area contributed by atoms with Crippen LogP contribution in [-0.4, -0.2) is 58.1 Å². The van der Waals surface area contributed by atoms with E-state index < -0.39 is 19.9 Å². The zero-order valence-electron chi connectivity index (χ0n) is 25.6. The molecule has 2 aliphatic carbocycles. The molecular weight excluding hydrogens is 525 g/mol. The molecule has 1 unspecified atom stereocenters. The monoisotopic (exact) mass is 574 g/mol. The lowest BCUT2D eigenvalue weighted by atomic mass is 9.88. The largest absolute Gasteiger partial charge is 0.465 e. The topological polar surface area (TPSA) is 87.6 Å². The molecule has 1 saturated carbocycles. The summed E-state index contributed by atoms with van der Waals surface area (Å²) >= 11 is 1.83. The second-order valence-corrected chi connectivity index (χ2v) is 20.0. The molecule has 218 valence electrons. The SMILES string of the molecule is CCC(C[C@H]1CCc2sc3ncnc(NC4CCC(N(C(=O)O)C(C)(C)C)CC4)c3c21)O[Si](C)(C)C(C)(C)C. The quantitative estimate of drug-likeness (QED) is 0.308. The van der Waals surface area contributed by atoms with Crippen LogP contribution in [0.1, 0.15) is 110 Å². The smallest absolute Gasteiger partial charge is 0.407 e. The number of thiophene rings is 1. The van der Waals surface area contributed by atoms with Crippen molar-refractivity contribution < 1.29 is 14.3 Å². The van der Waals surface area contributed by atoms with Gasteiger partial charge < -0.3 is 19.7 Å². The maximum absolute atomic E-state index is 12.0. The fourth-order valence-electron chi connectivity index (χ4n) is 6.28. The molecule has 0 bridgehead atoms. The average molecular weight is 575 g/mol. The van der Waals surface area contributed by atoms with Crippen LogP contribution in [0.25, 0.3) is 10.2 Å². The standard InChI is InChI=1S/C30H50N4O3SSi/c1-10-22(37-39(8,9)30(5,6)7)17-19-11-16-23-24(19)25-26(31-18-32-27(25)38-23)33-20-12-14-21(15-13-20)34(28(35)36)29(2,3)4/h18-22H,10-17H2,1-9H3,(H,35,36)(H,31,32,33)/t19-,20?,21?,22?/m1/s1. The molecule has 2 heterocycles. The van der Waals surface area contributed by atoms with E-state index >= 15 is 0 Å². The second kappa shape index (κ2) is 11.3. The number of rotatable bonds is 8. The van der Waals surface area contributed by atoms with E-state index in [1.807, 2.05) is 32.1 Å². The first-order chi connectivity index (χ1) is 18.1. The lowest BCUT2D eigenvalue weighted by Crippen LogP contribution is -2.52. The molecule has 9 heteroatoms. The Bertz CT molecular complexity index is 1160.